The highest BCUT2D eigenvalue weighted by Crippen LogP contribution is 2.28. The van der Waals surface area contributed by atoms with Gasteiger partial charge in [-0.25, -0.2) is 8.78 Å². The standard InChI is InChI=1S/C11H12F2N2O/c1-15(6-2-3-6)11(16)7-4-8(12)9(13)5-10(7)14/h4-6H,2-3,14H2,1H3. The molecule has 0 bridgehead atoms. The van der Waals surface area contributed by atoms with Crippen LogP contribution in [0.5, 0.6) is 0 Å². The second kappa shape index (κ2) is 3.73. The number of amides is 1. The maximum atomic E-state index is 13.0. The zero-order valence-corrected chi connectivity index (χ0v) is 8.84. The van der Waals surface area contributed by atoms with E-state index >= 15 is 0 Å². The summed E-state index contributed by atoms with van der Waals surface area (Å²) < 4.78 is 25.8. The number of carbonyl (C=O) groups is 1. The van der Waals surface area contributed by atoms with Crippen LogP contribution in [0.25, 0.3) is 0 Å². The molecular formula is C11H12F2N2O. The molecule has 1 aliphatic carbocycles. The molecule has 0 atom stereocenters. The summed E-state index contributed by atoms with van der Waals surface area (Å²) in [5, 5.41) is 0. The fourth-order valence-corrected chi connectivity index (χ4v) is 1.57. The molecule has 0 heterocycles. The zero-order chi connectivity index (χ0) is 11.9. The third kappa shape index (κ3) is 1.85. The van der Waals surface area contributed by atoms with Gasteiger partial charge in [0.2, 0.25) is 0 Å². The average molecular weight is 226 g/mol. The van der Waals surface area contributed by atoms with E-state index in [1.165, 1.54) is 4.90 Å². The average Bonchev–Trinajstić information content (AvgIpc) is 3.05. The van der Waals surface area contributed by atoms with Crippen LogP contribution in [0.2, 0.25) is 0 Å². The van der Waals surface area contributed by atoms with Crippen molar-refractivity contribution in [1.29, 1.82) is 0 Å². The summed E-state index contributed by atoms with van der Waals surface area (Å²) in [5.74, 6) is -2.45. The molecule has 0 aliphatic heterocycles. The lowest BCUT2D eigenvalue weighted by molar-refractivity contribution is 0.0785. The Morgan fingerprint density at radius 2 is 1.94 bits per heavy atom. The van der Waals surface area contributed by atoms with Crippen LogP contribution < -0.4 is 5.73 Å². The number of nitrogens with zero attached hydrogens (tertiary/aromatic N) is 1. The summed E-state index contributed by atoms with van der Waals surface area (Å²) in [7, 11) is 1.64. The molecule has 2 N–H and O–H groups in total. The summed E-state index contributed by atoms with van der Waals surface area (Å²) >= 11 is 0. The van der Waals surface area contributed by atoms with E-state index in [0.717, 1.165) is 25.0 Å². The van der Waals surface area contributed by atoms with Crippen LogP contribution in [0.4, 0.5) is 14.5 Å². The minimum atomic E-state index is -1.05. The van der Waals surface area contributed by atoms with Crippen molar-refractivity contribution in [3.8, 4) is 0 Å². The predicted molar refractivity (Wildman–Crippen MR) is 55.9 cm³/mol. The van der Waals surface area contributed by atoms with E-state index in [1.54, 1.807) is 7.05 Å². The first kappa shape index (κ1) is 10.9. The van der Waals surface area contributed by atoms with E-state index in [9.17, 15) is 13.6 Å². The fourth-order valence-electron chi connectivity index (χ4n) is 1.57. The topological polar surface area (TPSA) is 46.3 Å². The van der Waals surface area contributed by atoms with Gasteiger partial charge in [0.15, 0.2) is 11.6 Å². The largest absolute Gasteiger partial charge is 0.398 e. The molecule has 3 nitrogen and oxygen atoms in total. The molecule has 86 valence electrons. The third-order valence-electron chi connectivity index (χ3n) is 2.74. The second-order valence-corrected chi connectivity index (χ2v) is 4.00. The lowest BCUT2D eigenvalue weighted by Gasteiger charge is -2.17. The lowest BCUT2D eigenvalue weighted by Crippen LogP contribution is -2.29. The monoisotopic (exact) mass is 226 g/mol. The number of nitrogen functional groups attached to an aromatic ring is 1. The quantitative estimate of drug-likeness (QED) is 0.781. The van der Waals surface area contributed by atoms with Crippen LogP contribution in [0, 0.1) is 11.6 Å². The van der Waals surface area contributed by atoms with Crippen molar-refractivity contribution in [2.24, 2.45) is 0 Å². The number of benzene rings is 1. The molecule has 1 saturated carbocycles. The maximum absolute atomic E-state index is 13.0. The van der Waals surface area contributed by atoms with Crippen molar-refractivity contribution >= 4 is 11.6 Å². The van der Waals surface area contributed by atoms with Gasteiger partial charge in [0.25, 0.3) is 5.91 Å². The Hall–Kier alpha value is -1.65. The number of anilines is 1. The normalized spacial score (nSPS) is 14.9. The Labute approximate surface area is 91.8 Å². The van der Waals surface area contributed by atoms with E-state index in [4.69, 9.17) is 5.73 Å². The van der Waals surface area contributed by atoms with Crippen LogP contribution in [0.1, 0.15) is 23.2 Å². The van der Waals surface area contributed by atoms with Crippen molar-refractivity contribution in [3.05, 3.63) is 29.3 Å². The molecule has 0 radical (unpaired) electrons. The van der Waals surface area contributed by atoms with Crippen molar-refractivity contribution in [3.63, 3.8) is 0 Å². The number of rotatable bonds is 2. The predicted octanol–water partition coefficient (Wildman–Crippen LogP) is 1.78. The van der Waals surface area contributed by atoms with Gasteiger partial charge >= 0.3 is 0 Å². The number of nitrogens with two attached hydrogens (primary N) is 1. The number of carbonyl (C=O) groups excluding carboxylic acids is 1. The molecular weight excluding hydrogens is 214 g/mol. The van der Waals surface area contributed by atoms with Crippen LogP contribution in [-0.2, 0) is 0 Å². The molecule has 0 saturated heterocycles. The first-order valence-corrected chi connectivity index (χ1v) is 5.02. The highest BCUT2D eigenvalue weighted by molar-refractivity contribution is 5.99. The van der Waals surface area contributed by atoms with Crippen LogP contribution in [0.15, 0.2) is 12.1 Å². The SMILES string of the molecule is CN(C(=O)c1cc(F)c(F)cc1N)C1CC1. The molecule has 1 aliphatic rings. The van der Waals surface area contributed by atoms with Crippen molar-refractivity contribution in [2.45, 2.75) is 18.9 Å². The smallest absolute Gasteiger partial charge is 0.256 e. The Bertz CT molecular complexity index is 444. The summed E-state index contributed by atoms with van der Waals surface area (Å²) in [6.07, 6.45) is 1.90. The maximum Gasteiger partial charge on any atom is 0.256 e. The summed E-state index contributed by atoms with van der Waals surface area (Å²) in [6, 6.07) is 1.90. The highest BCUT2D eigenvalue weighted by atomic mass is 19.2. The van der Waals surface area contributed by atoms with Crippen LogP contribution in [-0.4, -0.2) is 23.9 Å². The Kier molecular flexibility index (Phi) is 2.53. The van der Waals surface area contributed by atoms with Gasteiger partial charge in [-0.1, -0.05) is 0 Å². The molecule has 1 fully saturated rings. The molecule has 0 aromatic heterocycles. The first-order chi connectivity index (χ1) is 7.50. The van der Waals surface area contributed by atoms with Gasteiger partial charge in [0.1, 0.15) is 0 Å². The van der Waals surface area contributed by atoms with Crippen LogP contribution >= 0.6 is 0 Å². The minimum Gasteiger partial charge on any atom is -0.398 e. The second-order valence-electron chi connectivity index (χ2n) is 4.00. The number of hydrogen-bond donors (Lipinski definition) is 1. The summed E-state index contributed by atoms with van der Waals surface area (Å²) in [4.78, 5) is 13.4. The molecule has 5 heteroatoms. The molecule has 1 aromatic carbocycles. The van der Waals surface area contributed by atoms with E-state index in [-0.39, 0.29) is 23.2 Å². The lowest BCUT2D eigenvalue weighted by atomic mass is 10.1. The summed E-state index contributed by atoms with van der Waals surface area (Å²) in [5.41, 5.74) is 5.49. The van der Waals surface area contributed by atoms with Gasteiger partial charge in [-0.05, 0) is 18.9 Å². The van der Waals surface area contributed by atoms with Gasteiger partial charge < -0.3 is 10.6 Å². The molecule has 0 unspecified atom stereocenters. The molecule has 2 rings (SSSR count). The Morgan fingerprint density at radius 3 is 2.50 bits per heavy atom. The van der Waals surface area contributed by atoms with Gasteiger partial charge in [0.05, 0.1) is 5.56 Å². The fraction of sp³-hybridized carbons (Fsp3) is 0.364. The molecule has 1 aromatic rings. The Morgan fingerprint density at radius 1 is 1.38 bits per heavy atom. The van der Waals surface area contributed by atoms with E-state index in [0.29, 0.717) is 0 Å². The molecule has 16 heavy (non-hydrogen) atoms. The van der Waals surface area contributed by atoms with Gasteiger partial charge in [-0.15, -0.1) is 0 Å². The minimum absolute atomic E-state index is 0.0216. The highest BCUT2D eigenvalue weighted by Gasteiger charge is 2.31. The van der Waals surface area contributed by atoms with E-state index in [1.807, 2.05) is 0 Å². The van der Waals surface area contributed by atoms with E-state index in [2.05, 4.69) is 0 Å². The molecule has 1 amide bonds. The van der Waals surface area contributed by atoms with E-state index < -0.39 is 11.6 Å². The summed E-state index contributed by atoms with van der Waals surface area (Å²) in [6.45, 7) is 0. The first-order valence-electron chi connectivity index (χ1n) is 5.02. The number of hydrogen-bond acceptors (Lipinski definition) is 2. The molecule has 0 spiro atoms. The van der Waals surface area contributed by atoms with Crippen LogP contribution in [0.3, 0.4) is 0 Å². The van der Waals surface area contributed by atoms with Crippen molar-refractivity contribution in [1.82, 2.24) is 4.90 Å². The van der Waals surface area contributed by atoms with Gasteiger partial charge in [-0.3, -0.25) is 4.79 Å². The Balaban J connectivity index is 2.32. The van der Waals surface area contributed by atoms with Crippen molar-refractivity contribution < 1.29 is 13.6 Å². The number of halogens is 2. The van der Waals surface area contributed by atoms with Gasteiger partial charge in [-0.2, -0.15) is 0 Å². The van der Waals surface area contributed by atoms with Gasteiger partial charge in [0, 0.05) is 24.8 Å². The van der Waals surface area contributed by atoms with Crippen molar-refractivity contribution in [2.75, 3.05) is 12.8 Å². The zero-order valence-electron chi connectivity index (χ0n) is 8.84. The third-order valence-corrected chi connectivity index (χ3v) is 2.74.